The number of carbonyl (C=O) groups is 1. The zero-order valence-electron chi connectivity index (χ0n) is 13.8. The van der Waals surface area contributed by atoms with E-state index in [1.807, 2.05) is 6.92 Å². The van der Waals surface area contributed by atoms with E-state index in [1.165, 1.54) is 0 Å². The number of sulfonamides is 1. The molecule has 0 saturated heterocycles. The summed E-state index contributed by atoms with van der Waals surface area (Å²) in [6.45, 7) is 1.93. The molecule has 0 amide bonds. The quantitative estimate of drug-likeness (QED) is 0.742. The molecule has 0 aliphatic carbocycles. The van der Waals surface area contributed by atoms with Gasteiger partial charge in [0, 0.05) is 11.1 Å². The zero-order chi connectivity index (χ0) is 17.6. The first-order chi connectivity index (χ1) is 11.5. The van der Waals surface area contributed by atoms with Crippen LogP contribution in [0.25, 0.3) is 0 Å². The van der Waals surface area contributed by atoms with Crippen molar-refractivity contribution in [3.05, 3.63) is 59.7 Å². The Hall–Kier alpha value is -2.34. The van der Waals surface area contributed by atoms with Crippen molar-refractivity contribution >= 4 is 21.5 Å². The van der Waals surface area contributed by atoms with Gasteiger partial charge in [-0.2, -0.15) is 0 Å². The van der Waals surface area contributed by atoms with E-state index in [0.717, 1.165) is 6.42 Å². The van der Waals surface area contributed by atoms with E-state index in [9.17, 15) is 13.2 Å². The molecule has 0 spiro atoms. The fraction of sp³-hybridized carbons (Fsp3) is 0.278. The molecule has 5 nitrogen and oxygen atoms in total. The average molecular weight is 347 g/mol. The van der Waals surface area contributed by atoms with Crippen LogP contribution in [-0.2, 0) is 10.0 Å². The summed E-state index contributed by atoms with van der Waals surface area (Å²) in [6, 6.07) is 13.3. The molecule has 2 rings (SSSR count). The Labute approximate surface area is 142 Å². The van der Waals surface area contributed by atoms with Crippen LogP contribution in [-0.4, -0.2) is 27.1 Å². The lowest BCUT2D eigenvalue weighted by atomic mass is 10.0. The molecule has 0 heterocycles. The minimum atomic E-state index is -3.47. The average Bonchev–Trinajstić information content (AvgIpc) is 2.59. The summed E-state index contributed by atoms with van der Waals surface area (Å²) in [5.74, 6) is 0.445. The van der Waals surface area contributed by atoms with Crippen molar-refractivity contribution in [3.63, 3.8) is 0 Å². The highest BCUT2D eigenvalue weighted by Gasteiger charge is 2.17. The first-order valence-electron chi connectivity index (χ1n) is 7.75. The van der Waals surface area contributed by atoms with E-state index in [2.05, 4.69) is 4.72 Å². The number of anilines is 1. The molecule has 128 valence electrons. The van der Waals surface area contributed by atoms with E-state index in [1.54, 1.807) is 55.6 Å². The van der Waals surface area contributed by atoms with Crippen molar-refractivity contribution in [2.75, 3.05) is 17.6 Å². The maximum atomic E-state index is 12.7. The number of rotatable bonds is 8. The van der Waals surface area contributed by atoms with E-state index in [4.69, 9.17) is 4.74 Å². The van der Waals surface area contributed by atoms with Crippen molar-refractivity contribution in [2.45, 2.75) is 19.8 Å². The Bertz CT molecular complexity index is 798. The summed E-state index contributed by atoms with van der Waals surface area (Å²) in [7, 11) is -1.92. The van der Waals surface area contributed by atoms with Crippen LogP contribution in [0.5, 0.6) is 5.75 Å². The van der Waals surface area contributed by atoms with Gasteiger partial charge in [0.15, 0.2) is 5.78 Å². The lowest BCUT2D eigenvalue weighted by Crippen LogP contribution is -2.18. The summed E-state index contributed by atoms with van der Waals surface area (Å²) >= 11 is 0. The molecule has 0 bridgehead atoms. The lowest BCUT2D eigenvalue weighted by molar-refractivity contribution is 0.103. The second kappa shape index (κ2) is 7.97. The third kappa shape index (κ3) is 4.58. The van der Waals surface area contributed by atoms with Crippen molar-refractivity contribution in [1.29, 1.82) is 0 Å². The van der Waals surface area contributed by atoms with Crippen LogP contribution in [0.2, 0.25) is 0 Å². The molecule has 1 N–H and O–H groups in total. The van der Waals surface area contributed by atoms with E-state index >= 15 is 0 Å². The monoisotopic (exact) mass is 347 g/mol. The molecule has 2 aromatic carbocycles. The van der Waals surface area contributed by atoms with Crippen LogP contribution in [0.15, 0.2) is 48.5 Å². The predicted molar refractivity (Wildman–Crippen MR) is 95.2 cm³/mol. The van der Waals surface area contributed by atoms with Gasteiger partial charge in [0.1, 0.15) is 5.75 Å². The third-order valence-electron chi connectivity index (χ3n) is 3.56. The summed E-state index contributed by atoms with van der Waals surface area (Å²) in [4.78, 5) is 12.7. The molecule has 0 saturated carbocycles. The Kier molecular flexibility index (Phi) is 5.98. The van der Waals surface area contributed by atoms with Crippen molar-refractivity contribution in [1.82, 2.24) is 0 Å². The number of unbranched alkanes of at least 4 members (excludes halogenated alkanes) is 1. The van der Waals surface area contributed by atoms with Gasteiger partial charge in [0.25, 0.3) is 0 Å². The van der Waals surface area contributed by atoms with Crippen LogP contribution in [0.4, 0.5) is 5.69 Å². The first kappa shape index (κ1) is 18.0. The van der Waals surface area contributed by atoms with E-state index < -0.39 is 10.0 Å². The number of para-hydroxylation sites is 1. The zero-order valence-corrected chi connectivity index (χ0v) is 14.6. The Morgan fingerprint density at radius 1 is 1.08 bits per heavy atom. The molecule has 0 radical (unpaired) electrons. The topological polar surface area (TPSA) is 72.5 Å². The van der Waals surface area contributed by atoms with Gasteiger partial charge < -0.3 is 4.74 Å². The molecule has 0 fully saturated rings. The van der Waals surface area contributed by atoms with Gasteiger partial charge in [0.05, 0.1) is 18.6 Å². The Balaban J connectivity index is 2.29. The lowest BCUT2D eigenvalue weighted by Gasteiger charge is -2.12. The smallest absolute Gasteiger partial charge is 0.232 e. The van der Waals surface area contributed by atoms with Crippen LogP contribution in [0.3, 0.4) is 0 Å². The molecule has 0 aliphatic heterocycles. The van der Waals surface area contributed by atoms with Crippen molar-refractivity contribution in [3.8, 4) is 5.75 Å². The molecule has 0 atom stereocenters. The second-order valence-electron chi connectivity index (χ2n) is 5.38. The van der Waals surface area contributed by atoms with Gasteiger partial charge in [-0.05, 0) is 42.8 Å². The number of hydrogen-bond acceptors (Lipinski definition) is 4. The van der Waals surface area contributed by atoms with Crippen LogP contribution in [0.1, 0.15) is 35.7 Å². The maximum Gasteiger partial charge on any atom is 0.232 e. The number of methoxy groups -OCH3 is 1. The molecule has 2 aromatic rings. The van der Waals surface area contributed by atoms with Crippen molar-refractivity contribution < 1.29 is 17.9 Å². The molecule has 0 aromatic heterocycles. The molecule has 0 aliphatic rings. The molecular formula is C18H21NO4S. The Morgan fingerprint density at radius 3 is 2.38 bits per heavy atom. The summed E-state index contributed by atoms with van der Waals surface area (Å²) in [6.07, 6.45) is 1.36. The minimum absolute atomic E-state index is 0.0363. The number of carbonyl (C=O) groups excluding carboxylic acids is 1. The fourth-order valence-corrected chi connectivity index (χ4v) is 3.50. The third-order valence-corrected chi connectivity index (χ3v) is 4.91. The van der Waals surface area contributed by atoms with Gasteiger partial charge in [-0.15, -0.1) is 0 Å². The second-order valence-corrected chi connectivity index (χ2v) is 7.22. The normalized spacial score (nSPS) is 11.1. The molecule has 0 unspecified atom stereocenters. The van der Waals surface area contributed by atoms with Gasteiger partial charge in [-0.1, -0.05) is 25.5 Å². The number of nitrogens with one attached hydrogen (secondary N) is 1. The minimum Gasteiger partial charge on any atom is -0.497 e. The summed E-state index contributed by atoms with van der Waals surface area (Å²) in [5.41, 5.74) is 1.09. The number of benzene rings is 2. The maximum absolute atomic E-state index is 12.7. The Morgan fingerprint density at radius 2 is 1.75 bits per heavy atom. The van der Waals surface area contributed by atoms with Crippen LogP contribution in [0, 0.1) is 0 Å². The number of hydrogen-bond donors (Lipinski definition) is 1. The SMILES string of the molecule is CCCCS(=O)(=O)Nc1ccccc1C(=O)c1ccc(OC)cc1. The van der Waals surface area contributed by atoms with Gasteiger partial charge in [0.2, 0.25) is 10.0 Å². The van der Waals surface area contributed by atoms with Gasteiger partial charge >= 0.3 is 0 Å². The standard InChI is InChI=1S/C18H21NO4S/c1-3-4-13-24(21,22)19-17-8-6-5-7-16(17)18(20)14-9-11-15(23-2)12-10-14/h5-12,19H,3-4,13H2,1-2H3. The van der Waals surface area contributed by atoms with Gasteiger partial charge in [-0.3, -0.25) is 9.52 Å². The van der Waals surface area contributed by atoms with E-state index in [0.29, 0.717) is 29.0 Å². The first-order valence-corrected chi connectivity index (χ1v) is 9.40. The number of ether oxygens (including phenoxy) is 1. The van der Waals surface area contributed by atoms with Crippen molar-refractivity contribution in [2.24, 2.45) is 0 Å². The van der Waals surface area contributed by atoms with Crippen LogP contribution < -0.4 is 9.46 Å². The largest absolute Gasteiger partial charge is 0.497 e. The number of ketones is 1. The summed E-state index contributed by atoms with van der Waals surface area (Å²) < 4.78 is 31.8. The fourth-order valence-electron chi connectivity index (χ4n) is 2.22. The van der Waals surface area contributed by atoms with Gasteiger partial charge in [-0.25, -0.2) is 8.42 Å². The molecule has 24 heavy (non-hydrogen) atoms. The summed E-state index contributed by atoms with van der Waals surface area (Å²) in [5, 5.41) is 0. The highest BCUT2D eigenvalue weighted by molar-refractivity contribution is 7.92. The predicted octanol–water partition coefficient (Wildman–Crippen LogP) is 3.47. The van der Waals surface area contributed by atoms with Crippen LogP contribution >= 0.6 is 0 Å². The molecular weight excluding hydrogens is 326 g/mol. The highest BCUT2D eigenvalue weighted by Crippen LogP contribution is 2.22. The highest BCUT2D eigenvalue weighted by atomic mass is 32.2. The molecule has 6 heteroatoms. The van der Waals surface area contributed by atoms with E-state index in [-0.39, 0.29) is 11.5 Å².